The Morgan fingerprint density at radius 3 is 2.67 bits per heavy atom. The Morgan fingerprint density at radius 1 is 1.27 bits per heavy atom. The highest BCUT2D eigenvalue weighted by molar-refractivity contribution is 4.78. The zero-order valence-corrected chi connectivity index (χ0v) is 11.0. The van der Waals surface area contributed by atoms with Gasteiger partial charge in [-0.05, 0) is 64.7 Å². The fourth-order valence-electron chi connectivity index (χ4n) is 2.42. The quantitative estimate of drug-likeness (QED) is 0.770. The van der Waals surface area contributed by atoms with Crippen LogP contribution >= 0.6 is 0 Å². The maximum absolute atomic E-state index is 3.24. The van der Waals surface area contributed by atoms with Gasteiger partial charge in [-0.3, -0.25) is 0 Å². The van der Waals surface area contributed by atoms with Gasteiger partial charge in [0.05, 0.1) is 0 Å². The maximum atomic E-state index is 3.24. The summed E-state index contributed by atoms with van der Waals surface area (Å²) in [6.07, 6.45) is 5.40. The van der Waals surface area contributed by atoms with Crippen LogP contribution in [0.15, 0.2) is 0 Å². The molecular formula is C13H28N2. The van der Waals surface area contributed by atoms with Gasteiger partial charge in [-0.15, -0.1) is 0 Å². The lowest BCUT2D eigenvalue weighted by atomic mass is 9.85. The number of likely N-dealkylation sites (tertiary alicyclic amines) is 1. The fraction of sp³-hybridized carbons (Fsp3) is 1.00. The molecule has 1 aliphatic heterocycles. The Kier molecular flexibility index (Phi) is 5.07. The number of nitrogens with zero attached hydrogens (tertiary/aromatic N) is 1. The van der Waals surface area contributed by atoms with E-state index in [9.17, 15) is 0 Å². The van der Waals surface area contributed by atoms with Crippen LogP contribution < -0.4 is 5.32 Å². The SMILES string of the molecule is CNCCC(C)N1CCCC(C)(C)CC1. The molecule has 0 radical (unpaired) electrons. The molecule has 0 amide bonds. The van der Waals surface area contributed by atoms with E-state index in [0.717, 1.165) is 12.6 Å². The maximum Gasteiger partial charge on any atom is 0.00790 e. The molecule has 2 nitrogen and oxygen atoms in total. The summed E-state index contributed by atoms with van der Waals surface area (Å²) >= 11 is 0. The van der Waals surface area contributed by atoms with Gasteiger partial charge in [-0.2, -0.15) is 0 Å². The molecule has 0 aromatic carbocycles. The van der Waals surface area contributed by atoms with E-state index in [0.29, 0.717) is 5.41 Å². The summed E-state index contributed by atoms with van der Waals surface area (Å²) in [6.45, 7) is 10.9. The Hall–Kier alpha value is -0.0800. The molecule has 1 heterocycles. The van der Waals surface area contributed by atoms with Crippen molar-refractivity contribution in [3.8, 4) is 0 Å². The molecule has 2 heteroatoms. The second-order valence-electron chi connectivity index (χ2n) is 5.79. The van der Waals surface area contributed by atoms with Crippen molar-refractivity contribution in [2.24, 2.45) is 5.41 Å². The fourth-order valence-corrected chi connectivity index (χ4v) is 2.42. The molecule has 0 aromatic rings. The number of hydrogen-bond acceptors (Lipinski definition) is 2. The van der Waals surface area contributed by atoms with E-state index in [1.807, 2.05) is 7.05 Å². The van der Waals surface area contributed by atoms with Crippen molar-refractivity contribution in [3.63, 3.8) is 0 Å². The standard InChI is InChI=1S/C13H28N2/c1-12(6-9-14-4)15-10-5-7-13(2,3)8-11-15/h12,14H,5-11H2,1-4H3. The van der Waals surface area contributed by atoms with Crippen LogP contribution in [-0.2, 0) is 0 Å². The lowest BCUT2D eigenvalue weighted by Gasteiger charge is -2.28. The van der Waals surface area contributed by atoms with Crippen molar-refractivity contribution in [1.82, 2.24) is 10.2 Å². The second-order valence-corrected chi connectivity index (χ2v) is 5.79. The average Bonchev–Trinajstić information content (AvgIpc) is 2.36. The third kappa shape index (κ3) is 4.52. The summed E-state index contributed by atoms with van der Waals surface area (Å²) in [5, 5.41) is 3.24. The smallest absolute Gasteiger partial charge is 0.00790 e. The summed E-state index contributed by atoms with van der Waals surface area (Å²) in [6, 6.07) is 0.742. The Labute approximate surface area is 95.4 Å². The van der Waals surface area contributed by atoms with Gasteiger partial charge in [0.25, 0.3) is 0 Å². The van der Waals surface area contributed by atoms with Crippen LogP contribution in [0.3, 0.4) is 0 Å². The third-order valence-electron chi connectivity index (χ3n) is 3.81. The van der Waals surface area contributed by atoms with Crippen LogP contribution in [-0.4, -0.2) is 37.6 Å². The zero-order valence-electron chi connectivity index (χ0n) is 11.0. The van der Waals surface area contributed by atoms with Crippen molar-refractivity contribution in [1.29, 1.82) is 0 Å². The first-order chi connectivity index (χ1) is 7.05. The molecule has 0 saturated carbocycles. The largest absolute Gasteiger partial charge is 0.320 e. The van der Waals surface area contributed by atoms with Crippen LogP contribution in [0.5, 0.6) is 0 Å². The van der Waals surface area contributed by atoms with Crippen LogP contribution in [0.4, 0.5) is 0 Å². The van der Waals surface area contributed by atoms with E-state index in [2.05, 4.69) is 31.0 Å². The second kappa shape index (κ2) is 5.86. The summed E-state index contributed by atoms with van der Waals surface area (Å²) < 4.78 is 0. The van der Waals surface area contributed by atoms with Crippen molar-refractivity contribution in [2.45, 2.75) is 52.5 Å². The Bertz CT molecular complexity index is 177. The van der Waals surface area contributed by atoms with Crippen molar-refractivity contribution in [3.05, 3.63) is 0 Å². The molecule has 1 fully saturated rings. The highest BCUT2D eigenvalue weighted by Gasteiger charge is 2.24. The third-order valence-corrected chi connectivity index (χ3v) is 3.81. The van der Waals surface area contributed by atoms with E-state index in [-0.39, 0.29) is 0 Å². The van der Waals surface area contributed by atoms with Gasteiger partial charge in [0.1, 0.15) is 0 Å². The molecule has 0 spiro atoms. The minimum absolute atomic E-state index is 0.567. The molecule has 1 N–H and O–H groups in total. The monoisotopic (exact) mass is 212 g/mol. The van der Waals surface area contributed by atoms with E-state index < -0.39 is 0 Å². The van der Waals surface area contributed by atoms with E-state index in [1.54, 1.807) is 0 Å². The van der Waals surface area contributed by atoms with E-state index in [1.165, 1.54) is 38.8 Å². The minimum Gasteiger partial charge on any atom is -0.320 e. The first-order valence-corrected chi connectivity index (χ1v) is 6.44. The van der Waals surface area contributed by atoms with Gasteiger partial charge in [-0.25, -0.2) is 0 Å². The lowest BCUT2D eigenvalue weighted by molar-refractivity contribution is 0.198. The minimum atomic E-state index is 0.567. The van der Waals surface area contributed by atoms with E-state index >= 15 is 0 Å². The normalized spacial score (nSPS) is 24.8. The molecule has 1 saturated heterocycles. The van der Waals surface area contributed by atoms with Gasteiger partial charge >= 0.3 is 0 Å². The molecule has 0 aromatic heterocycles. The first kappa shape index (κ1) is 13.0. The van der Waals surface area contributed by atoms with Crippen LogP contribution in [0.2, 0.25) is 0 Å². The number of rotatable bonds is 4. The molecule has 1 atom stereocenters. The molecule has 0 bridgehead atoms. The average molecular weight is 212 g/mol. The zero-order chi connectivity index (χ0) is 11.3. The summed E-state index contributed by atoms with van der Waals surface area (Å²) in [7, 11) is 2.04. The molecule has 1 aliphatic rings. The number of nitrogens with one attached hydrogen (secondary N) is 1. The molecule has 1 unspecified atom stereocenters. The predicted molar refractivity (Wildman–Crippen MR) is 67.2 cm³/mol. The Balaban J connectivity index is 2.36. The molecule has 0 aliphatic carbocycles. The van der Waals surface area contributed by atoms with Gasteiger partial charge in [0.2, 0.25) is 0 Å². The summed E-state index contributed by atoms with van der Waals surface area (Å²) in [5.41, 5.74) is 0.567. The Morgan fingerprint density at radius 2 is 2.00 bits per heavy atom. The highest BCUT2D eigenvalue weighted by atomic mass is 15.1. The van der Waals surface area contributed by atoms with E-state index in [4.69, 9.17) is 0 Å². The van der Waals surface area contributed by atoms with Crippen molar-refractivity contribution in [2.75, 3.05) is 26.7 Å². The van der Waals surface area contributed by atoms with Gasteiger partial charge in [0.15, 0.2) is 0 Å². The summed E-state index contributed by atoms with van der Waals surface area (Å²) in [5.74, 6) is 0. The van der Waals surface area contributed by atoms with Crippen molar-refractivity contribution >= 4 is 0 Å². The van der Waals surface area contributed by atoms with Gasteiger partial charge in [0, 0.05) is 6.04 Å². The molecule has 90 valence electrons. The van der Waals surface area contributed by atoms with Crippen LogP contribution in [0, 0.1) is 5.41 Å². The number of hydrogen-bond donors (Lipinski definition) is 1. The van der Waals surface area contributed by atoms with Crippen molar-refractivity contribution < 1.29 is 0 Å². The first-order valence-electron chi connectivity index (χ1n) is 6.44. The summed E-state index contributed by atoms with van der Waals surface area (Å²) in [4.78, 5) is 2.67. The lowest BCUT2D eigenvalue weighted by Crippen LogP contribution is -2.36. The molecule has 15 heavy (non-hydrogen) atoms. The predicted octanol–water partition coefficient (Wildman–Crippen LogP) is 2.50. The van der Waals surface area contributed by atoms with Crippen LogP contribution in [0.25, 0.3) is 0 Å². The molecule has 1 rings (SSSR count). The van der Waals surface area contributed by atoms with Gasteiger partial charge in [-0.1, -0.05) is 13.8 Å². The molecular weight excluding hydrogens is 184 g/mol. The topological polar surface area (TPSA) is 15.3 Å². The van der Waals surface area contributed by atoms with Gasteiger partial charge < -0.3 is 10.2 Å². The highest BCUT2D eigenvalue weighted by Crippen LogP contribution is 2.30. The van der Waals surface area contributed by atoms with Crippen LogP contribution in [0.1, 0.15) is 46.5 Å².